The molecular formula is C15H16N2O4S. The van der Waals surface area contributed by atoms with E-state index >= 15 is 0 Å². The number of hydrogen-bond acceptors (Lipinski definition) is 5. The number of rotatable bonds is 5. The summed E-state index contributed by atoms with van der Waals surface area (Å²) in [5.41, 5.74) is 0.0231. The lowest BCUT2D eigenvalue weighted by Gasteiger charge is -2.10. The fourth-order valence-electron chi connectivity index (χ4n) is 2.10. The van der Waals surface area contributed by atoms with Crippen LogP contribution in [-0.4, -0.2) is 32.2 Å². The third-order valence-electron chi connectivity index (χ3n) is 3.37. The van der Waals surface area contributed by atoms with Crippen molar-refractivity contribution in [3.05, 3.63) is 36.0 Å². The van der Waals surface area contributed by atoms with Gasteiger partial charge in [-0.2, -0.15) is 0 Å². The molecule has 116 valence electrons. The molecule has 1 aliphatic rings. The molecule has 1 amide bonds. The molecule has 1 fully saturated rings. The summed E-state index contributed by atoms with van der Waals surface area (Å²) < 4.78 is 30.0. The number of sulfonamides is 1. The van der Waals surface area contributed by atoms with Crippen molar-refractivity contribution in [2.24, 2.45) is 5.92 Å². The number of amides is 1. The number of aromatic nitrogens is 1. The summed E-state index contributed by atoms with van der Waals surface area (Å²) >= 11 is 0. The Morgan fingerprint density at radius 3 is 2.77 bits per heavy atom. The molecule has 0 radical (unpaired) electrons. The van der Waals surface area contributed by atoms with E-state index in [1.165, 1.54) is 0 Å². The molecule has 1 aliphatic carbocycles. The number of ether oxygens (including phenoxy) is 1. The molecule has 3 rings (SSSR count). The minimum Gasteiger partial charge on any atom is -0.477 e. The van der Waals surface area contributed by atoms with Gasteiger partial charge in [-0.1, -0.05) is 18.2 Å². The van der Waals surface area contributed by atoms with Crippen LogP contribution in [0.4, 0.5) is 0 Å². The predicted molar refractivity (Wildman–Crippen MR) is 82.3 cm³/mol. The van der Waals surface area contributed by atoms with E-state index in [9.17, 15) is 13.2 Å². The van der Waals surface area contributed by atoms with Crippen LogP contribution in [0.5, 0.6) is 5.88 Å². The predicted octanol–water partition coefficient (Wildman–Crippen LogP) is 1.71. The Morgan fingerprint density at radius 1 is 1.36 bits per heavy atom. The van der Waals surface area contributed by atoms with Crippen LogP contribution >= 0.6 is 0 Å². The van der Waals surface area contributed by atoms with Crippen LogP contribution in [0.25, 0.3) is 10.8 Å². The molecule has 7 heteroatoms. The first-order valence-electron chi connectivity index (χ1n) is 6.97. The van der Waals surface area contributed by atoms with E-state index in [0.717, 1.165) is 29.9 Å². The molecule has 6 nitrogen and oxygen atoms in total. The van der Waals surface area contributed by atoms with Crippen molar-refractivity contribution in [2.75, 3.05) is 12.9 Å². The van der Waals surface area contributed by atoms with Gasteiger partial charge in [-0.15, -0.1) is 0 Å². The van der Waals surface area contributed by atoms with E-state index in [-0.39, 0.29) is 5.69 Å². The highest BCUT2D eigenvalue weighted by Crippen LogP contribution is 2.31. The minimum atomic E-state index is -3.63. The van der Waals surface area contributed by atoms with Crippen LogP contribution in [0.2, 0.25) is 0 Å². The number of carbonyl (C=O) groups excluding carboxylic acids is 1. The monoisotopic (exact) mass is 320 g/mol. The van der Waals surface area contributed by atoms with Crippen molar-refractivity contribution in [1.82, 2.24) is 9.71 Å². The van der Waals surface area contributed by atoms with Gasteiger partial charge in [0.25, 0.3) is 5.91 Å². The molecular weight excluding hydrogens is 304 g/mol. The van der Waals surface area contributed by atoms with Gasteiger partial charge in [-0.3, -0.25) is 4.79 Å². The molecule has 1 saturated carbocycles. The average Bonchev–Trinajstić information content (AvgIpc) is 3.26. The van der Waals surface area contributed by atoms with E-state index in [0.29, 0.717) is 18.4 Å². The average molecular weight is 320 g/mol. The smallest absolute Gasteiger partial charge is 0.283 e. The summed E-state index contributed by atoms with van der Waals surface area (Å²) in [6, 6.07) is 8.95. The van der Waals surface area contributed by atoms with Gasteiger partial charge in [-0.25, -0.2) is 18.1 Å². The SMILES string of the molecule is CS(=O)(=O)NC(=O)c1cc2ccccc2c(OCC2CC2)n1. The van der Waals surface area contributed by atoms with Crippen molar-refractivity contribution in [1.29, 1.82) is 0 Å². The standard InChI is InChI=1S/C15H16N2O4S/c1-22(19,20)17-14(18)13-8-11-4-2-3-5-12(11)15(16-13)21-9-10-6-7-10/h2-5,8,10H,6-7,9H2,1H3,(H,17,18). The Bertz CT molecular complexity index is 829. The fourth-order valence-corrected chi connectivity index (χ4v) is 2.54. The van der Waals surface area contributed by atoms with Crippen molar-refractivity contribution in [3.63, 3.8) is 0 Å². The van der Waals surface area contributed by atoms with Gasteiger partial charge < -0.3 is 4.74 Å². The molecule has 1 heterocycles. The second kappa shape index (κ2) is 5.57. The zero-order valence-corrected chi connectivity index (χ0v) is 12.9. The zero-order chi connectivity index (χ0) is 15.7. The van der Waals surface area contributed by atoms with Crippen LogP contribution in [0, 0.1) is 5.92 Å². The summed E-state index contributed by atoms with van der Waals surface area (Å²) in [5.74, 6) is 0.155. The maximum absolute atomic E-state index is 12.0. The molecule has 0 unspecified atom stereocenters. The maximum atomic E-state index is 12.0. The summed E-state index contributed by atoms with van der Waals surface area (Å²) in [5, 5.41) is 1.58. The van der Waals surface area contributed by atoms with Crippen LogP contribution in [0.1, 0.15) is 23.3 Å². The first kappa shape index (κ1) is 14.8. The van der Waals surface area contributed by atoms with E-state index in [4.69, 9.17) is 4.74 Å². The first-order chi connectivity index (χ1) is 10.4. The Kier molecular flexibility index (Phi) is 3.74. The molecule has 0 spiro atoms. The summed E-state index contributed by atoms with van der Waals surface area (Å²) in [4.78, 5) is 16.2. The molecule has 0 bridgehead atoms. The molecule has 2 aromatic rings. The number of pyridine rings is 1. The largest absolute Gasteiger partial charge is 0.477 e. The Labute approximate surface area is 128 Å². The lowest BCUT2D eigenvalue weighted by atomic mass is 10.1. The maximum Gasteiger partial charge on any atom is 0.283 e. The van der Waals surface area contributed by atoms with E-state index in [1.54, 1.807) is 6.07 Å². The minimum absolute atomic E-state index is 0.0231. The van der Waals surface area contributed by atoms with Gasteiger partial charge in [0.1, 0.15) is 5.69 Å². The summed E-state index contributed by atoms with van der Waals surface area (Å²) in [6.45, 7) is 0.564. The zero-order valence-electron chi connectivity index (χ0n) is 12.1. The highest BCUT2D eigenvalue weighted by Gasteiger charge is 2.23. The number of nitrogens with one attached hydrogen (secondary N) is 1. The van der Waals surface area contributed by atoms with Crippen LogP contribution in [0.3, 0.4) is 0 Å². The van der Waals surface area contributed by atoms with Gasteiger partial charge in [-0.05, 0) is 36.3 Å². The van der Waals surface area contributed by atoms with Crippen LogP contribution in [-0.2, 0) is 10.0 Å². The number of nitrogens with zero attached hydrogens (tertiary/aromatic N) is 1. The third kappa shape index (κ3) is 3.54. The highest BCUT2D eigenvalue weighted by molar-refractivity contribution is 7.89. The van der Waals surface area contributed by atoms with Gasteiger partial charge in [0.15, 0.2) is 0 Å². The second-order valence-corrected chi connectivity index (χ2v) is 7.24. The molecule has 22 heavy (non-hydrogen) atoms. The van der Waals surface area contributed by atoms with Crippen LogP contribution in [0.15, 0.2) is 30.3 Å². The van der Waals surface area contributed by atoms with Crippen LogP contribution < -0.4 is 9.46 Å². The van der Waals surface area contributed by atoms with Crippen molar-refractivity contribution in [3.8, 4) is 5.88 Å². The first-order valence-corrected chi connectivity index (χ1v) is 8.86. The number of benzene rings is 1. The third-order valence-corrected chi connectivity index (χ3v) is 3.93. The van der Waals surface area contributed by atoms with E-state index in [1.807, 2.05) is 29.0 Å². The van der Waals surface area contributed by atoms with Crippen molar-refractivity contribution in [2.45, 2.75) is 12.8 Å². The molecule has 1 aromatic heterocycles. The molecule has 0 atom stereocenters. The lowest BCUT2D eigenvalue weighted by Crippen LogP contribution is -2.30. The Morgan fingerprint density at radius 2 is 2.09 bits per heavy atom. The molecule has 0 aliphatic heterocycles. The van der Waals surface area contributed by atoms with Gasteiger partial charge in [0.05, 0.1) is 12.9 Å². The Hall–Kier alpha value is -2.15. The number of fused-ring (bicyclic) bond motifs is 1. The van der Waals surface area contributed by atoms with Gasteiger partial charge >= 0.3 is 0 Å². The normalized spacial score (nSPS) is 14.8. The number of carbonyl (C=O) groups is 1. The van der Waals surface area contributed by atoms with Crippen molar-refractivity contribution >= 4 is 26.7 Å². The molecule has 0 saturated heterocycles. The lowest BCUT2D eigenvalue weighted by molar-refractivity contribution is 0.0976. The van der Waals surface area contributed by atoms with E-state index < -0.39 is 15.9 Å². The van der Waals surface area contributed by atoms with E-state index in [2.05, 4.69) is 4.98 Å². The summed E-state index contributed by atoms with van der Waals surface area (Å²) in [7, 11) is -3.63. The number of hydrogen-bond donors (Lipinski definition) is 1. The topological polar surface area (TPSA) is 85.4 Å². The Balaban J connectivity index is 1.97. The molecule has 1 N–H and O–H groups in total. The highest BCUT2D eigenvalue weighted by atomic mass is 32.2. The van der Waals surface area contributed by atoms with Crippen molar-refractivity contribution < 1.29 is 17.9 Å². The summed E-state index contributed by atoms with van der Waals surface area (Å²) in [6.07, 6.45) is 3.22. The van der Waals surface area contributed by atoms with Gasteiger partial charge in [0.2, 0.25) is 15.9 Å². The fraction of sp³-hybridized carbons (Fsp3) is 0.333. The second-order valence-electron chi connectivity index (χ2n) is 5.49. The molecule has 1 aromatic carbocycles. The van der Waals surface area contributed by atoms with Gasteiger partial charge in [0, 0.05) is 5.39 Å². The quantitative estimate of drug-likeness (QED) is 0.906.